The molecule has 4 nitrogen and oxygen atoms in total. The maximum atomic E-state index is 10.7. The molecule has 0 fully saturated rings. The van der Waals surface area contributed by atoms with Gasteiger partial charge in [0.2, 0.25) is 0 Å². The summed E-state index contributed by atoms with van der Waals surface area (Å²) in [6.45, 7) is 0. The third-order valence-corrected chi connectivity index (χ3v) is 2.00. The summed E-state index contributed by atoms with van der Waals surface area (Å²) in [7, 11) is 0. The van der Waals surface area contributed by atoms with E-state index in [0.717, 1.165) is 5.33 Å². The van der Waals surface area contributed by atoms with Crippen LogP contribution in [0.4, 0.5) is 5.82 Å². The Hall–Kier alpha value is -1.54. The van der Waals surface area contributed by atoms with Crippen LogP contribution in [0.3, 0.4) is 0 Å². The van der Waals surface area contributed by atoms with E-state index in [9.17, 15) is 4.79 Å². The van der Waals surface area contributed by atoms with Crippen LogP contribution in [0.15, 0.2) is 12.3 Å². The molecule has 0 spiro atoms. The number of alkyl halides is 1. The number of halogens is 1. The molecular formula is C10H9BrN2O2. The lowest BCUT2D eigenvalue weighted by Gasteiger charge is -1.98. The maximum Gasteiger partial charge on any atom is 0.337 e. The summed E-state index contributed by atoms with van der Waals surface area (Å²) in [6, 6.07) is 1.42. The fourth-order valence-electron chi connectivity index (χ4n) is 0.897. The number of pyridine rings is 1. The van der Waals surface area contributed by atoms with E-state index in [0.29, 0.717) is 12.0 Å². The lowest BCUT2D eigenvalue weighted by Crippen LogP contribution is -2.01. The largest absolute Gasteiger partial charge is 0.478 e. The maximum absolute atomic E-state index is 10.7. The van der Waals surface area contributed by atoms with E-state index in [2.05, 4.69) is 32.8 Å². The summed E-state index contributed by atoms with van der Waals surface area (Å²) in [5.74, 6) is 4.84. The van der Waals surface area contributed by atoms with Crippen LogP contribution < -0.4 is 5.73 Å². The van der Waals surface area contributed by atoms with Crippen LogP contribution in [0, 0.1) is 11.8 Å². The van der Waals surface area contributed by atoms with Crippen molar-refractivity contribution in [3.63, 3.8) is 0 Å². The lowest BCUT2D eigenvalue weighted by atomic mass is 10.2. The Labute approximate surface area is 95.6 Å². The highest BCUT2D eigenvalue weighted by molar-refractivity contribution is 9.09. The van der Waals surface area contributed by atoms with Gasteiger partial charge in [-0.3, -0.25) is 0 Å². The molecule has 1 rings (SSSR count). The van der Waals surface area contributed by atoms with Crippen molar-refractivity contribution < 1.29 is 9.90 Å². The molecule has 1 aromatic rings. The van der Waals surface area contributed by atoms with E-state index >= 15 is 0 Å². The van der Waals surface area contributed by atoms with Gasteiger partial charge in [-0.2, -0.15) is 0 Å². The standard InChI is InChI=1S/C10H9BrN2O2/c11-4-2-1-3-7-5-8(10(14)15)6-13-9(7)12/h5-6H,2,4H2,(H2,12,13)(H,14,15). The molecule has 0 bridgehead atoms. The van der Waals surface area contributed by atoms with Crippen LogP contribution in [0.5, 0.6) is 0 Å². The van der Waals surface area contributed by atoms with Crippen LogP contribution >= 0.6 is 15.9 Å². The van der Waals surface area contributed by atoms with Gasteiger partial charge in [0.05, 0.1) is 11.1 Å². The zero-order chi connectivity index (χ0) is 11.3. The summed E-state index contributed by atoms with van der Waals surface area (Å²) in [4.78, 5) is 14.4. The van der Waals surface area contributed by atoms with E-state index in [4.69, 9.17) is 10.8 Å². The minimum Gasteiger partial charge on any atom is -0.478 e. The molecule has 78 valence electrons. The topological polar surface area (TPSA) is 76.2 Å². The fourth-order valence-corrected chi connectivity index (χ4v) is 1.10. The summed E-state index contributed by atoms with van der Waals surface area (Å²) in [5.41, 5.74) is 6.10. The molecule has 0 radical (unpaired) electrons. The van der Waals surface area contributed by atoms with Gasteiger partial charge in [0.1, 0.15) is 5.82 Å². The van der Waals surface area contributed by atoms with Crippen LogP contribution in [-0.4, -0.2) is 21.4 Å². The molecule has 1 aromatic heterocycles. The predicted octanol–water partition coefficient (Wildman–Crippen LogP) is 1.50. The highest BCUT2D eigenvalue weighted by atomic mass is 79.9. The van der Waals surface area contributed by atoms with E-state index in [-0.39, 0.29) is 11.4 Å². The van der Waals surface area contributed by atoms with Crippen LogP contribution in [0.2, 0.25) is 0 Å². The number of rotatable bonds is 2. The fraction of sp³-hybridized carbons (Fsp3) is 0.200. The Bertz CT molecular complexity index is 435. The molecule has 0 saturated carbocycles. The number of nitrogen functional groups attached to an aromatic ring is 1. The predicted molar refractivity (Wildman–Crippen MR) is 60.9 cm³/mol. The molecule has 0 aromatic carbocycles. The van der Waals surface area contributed by atoms with Crippen LogP contribution in [-0.2, 0) is 0 Å². The van der Waals surface area contributed by atoms with Gasteiger partial charge in [-0.05, 0) is 6.07 Å². The monoisotopic (exact) mass is 268 g/mol. The first-order chi connectivity index (χ1) is 7.15. The number of hydrogen-bond acceptors (Lipinski definition) is 3. The SMILES string of the molecule is Nc1ncc(C(=O)O)cc1C#CCCBr. The Kier molecular flexibility index (Phi) is 4.13. The van der Waals surface area contributed by atoms with Crippen molar-refractivity contribution in [1.82, 2.24) is 4.98 Å². The van der Waals surface area contributed by atoms with Crippen molar-refractivity contribution >= 4 is 27.7 Å². The quantitative estimate of drug-likeness (QED) is 0.630. The average molecular weight is 269 g/mol. The molecule has 0 atom stereocenters. The number of hydrogen-bond donors (Lipinski definition) is 2. The zero-order valence-electron chi connectivity index (χ0n) is 7.83. The van der Waals surface area contributed by atoms with Crippen molar-refractivity contribution in [2.75, 3.05) is 11.1 Å². The third kappa shape index (κ3) is 3.26. The highest BCUT2D eigenvalue weighted by Crippen LogP contribution is 2.09. The van der Waals surface area contributed by atoms with Crippen LogP contribution in [0.1, 0.15) is 22.3 Å². The summed E-state index contributed by atoms with van der Waals surface area (Å²) in [5, 5.41) is 9.51. The molecule has 0 unspecified atom stereocenters. The van der Waals surface area contributed by atoms with Gasteiger partial charge >= 0.3 is 5.97 Å². The molecule has 0 aliphatic carbocycles. The Morgan fingerprint density at radius 2 is 2.40 bits per heavy atom. The molecule has 0 aliphatic heterocycles. The second-order valence-corrected chi connectivity index (χ2v) is 3.50. The molecule has 1 heterocycles. The van der Waals surface area contributed by atoms with Crippen molar-refractivity contribution in [3.8, 4) is 11.8 Å². The minimum absolute atomic E-state index is 0.0901. The molecular weight excluding hydrogens is 260 g/mol. The Morgan fingerprint density at radius 1 is 1.67 bits per heavy atom. The average Bonchev–Trinajstić information content (AvgIpc) is 2.20. The van der Waals surface area contributed by atoms with Crippen molar-refractivity contribution in [3.05, 3.63) is 23.4 Å². The number of nitrogens with two attached hydrogens (primary N) is 1. The number of carboxylic acids is 1. The molecule has 15 heavy (non-hydrogen) atoms. The zero-order valence-corrected chi connectivity index (χ0v) is 9.41. The van der Waals surface area contributed by atoms with Gasteiger partial charge in [0, 0.05) is 17.9 Å². The van der Waals surface area contributed by atoms with Gasteiger partial charge < -0.3 is 10.8 Å². The lowest BCUT2D eigenvalue weighted by molar-refractivity contribution is 0.0696. The van der Waals surface area contributed by atoms with Crippen molar-refractivity contribution in [2.45, 2.75) is 6.42 Å². The number of carboxylic acid groups (broad SMARTS) is 1. The van der Waals surface area contributed by atoms with E-state index < -0.39 is 5.97 Å². The number of carbonyl (C=O) groups is 1. The molecule has 0 aliphatic rings. The minimum atomic E-state index is -1.04. The van der Waals surface area contributed by atoms with E-state index in [1.54, 1.807) is 0 Å². The smallest absolute Gasteiger partial charge is 0.337 e. The second-order valence-electron chi connectivity index (χ2n) is 2.70. The number of nitrogens with zero attached hydrogens (tertiary/aromatic N) is 1. The number of anilines is 1. The van der Waals surface area contributed by atoms with E-state index in [1.807, 2.05) is 0 Å². The normalized spacial score (nSPS) is 9.13. The highest BCUT2D eigenvalue weighted by Gasteiger charge is 2.05. The molecule has 5 heteroatoms. The molecule has 0 saturated heterocycles. The first-order valence-electron chi connectivity index (χ1n) is 4.19. The van der Waals surface area contributed by atoms with Crippen molar-refractivity contribution in [2.24, 2.45) is 0 Å². The summed E-state index contributed by atoms with van der Waals surface area (Å²) in [6.07, 6.45) is 1.89. The van der Waals surface area contributed by atoms with Gasteiger partial charge in [-0.25, -0.2) is 9.78 Å². The molecule has 3 N–H and O–H groups in total. The summed E-state index contributed by atoms with van der Waals surface area (Å²) >= 11 is 3.24. The summed E-state index contributed by atoms with van der Waals surface area (Å²) < 4.78 is 0. The Morgan fingerprint density at radius 3 is 3.00 bits per heavy atom. The Balaban J connectivity index is 3.02. The van der Waals surface area contributed by atoms with Crippen molar-refractivity contribution in [1.29, 1.82) is 0 Å². The van der Waals surface area contributed by atoms with Gasteiger partial charge in [-0.15, -0.1) is 0 Å². The third-order valence-electron chi connectivity index (χ3n) is 1.61. The number of aromatic nitrogens is 1. The number of aromatic carboxylic acids is 1. The van der Waals surface area contributed by atoms with Gasteiger partial charge in [0.15, 0.2) is 0 Å². The second kappa shape index (κ2) is 5.37. The molecule has 0 amide bonds. The first kappa shape index (κ1) is 11.5. The van der Waals surface area contributed by atoms with Gasteiger partial charge in [-0.1, -0.05) is 27.8 Å². The van der Waals surface area contributed by atoms with Crippen LogP contribution in [0.25, 0.3) is 0 Å². The van der Waals surface area contributed by atoms with E-state index in [1.165, 1.54) is 12.3 Å². The first-order valence-corrected chi connectivity index (χ1v) is 5.31. The van der Waals surface area contributed by atoms with Gasteiger partial charge in [0.25, 0.3) is 0 Å².